The van der Waals surface area contributed by atoms with Crippen LogP contribution in [0.5, 0.6) is 5.75 Å². The molecule has 3 aromatic rings. The van der Waals surface area contributed by atoms with Crippen LogP contribution in [0.25, 0.3) is 11.3 Å². The van der Waals surface area contributed by atoms with Crippen LogP contribution in [0.3, 0.4) is 0 Å². The van der Waals surface area contributed by atoms with E-state index in [-0.39, 0.29) is 0 Å². The van der Waals surface area contributed by atoms with Gasteiger partial charge in [0.1, 0.15) is 11.6 Å². The first-order valence-corrected chi connectivity index (χ1v) is 7.32. The van der Waals surface area contributed by atoms with Crippen molar-refractivity contribution in [2.24, 2.45) is 0 Å². The smallest absolute Gasteiger partial charge is 0.224 e. The van der Waals surface area contributed by atoms with Crippen LogP contribution < -0.4 is 15.4 Å². The van der Waals surface area contributed by atoms with E-state index in [2.05, 4.69) is 20.6 Å². The van der Waals surface area contributed by atoms with Crippen LogP contribution in [-0.2, 0) is 0 Å². The molecule has 2 aromatic carbocycles. The second-order valence-corrected chi connectivity index (χ2v) is 4.94. The van der Waals surface area contributed by atoms with Crippen LogP contribution in [0.15, 0.2) is 60.7 Å². The minimum Gasteiger partial charge on any atom is -0.497 e. The standard InChI is InChI=1S/C18H18N4O/c1-19-18-21-16(13-7-4-3-5-8-13)12-17(22-18)20-14-9-6-10-15(11-14)23-2/h3-12H,1-2H3,(H2,19,20,21,22). The third-order valence-corrected chi connectivity index (χ3v) is 3.36. The van der Waals surface area contributed by atoms with Crippen LogP contribution in [0.4, 0.5) is 17.5 Å². The molecule has 0 aliphatic heterocycles. The lowest BCUT2D eigenvalue weighted by Gasteiger charge is -2.11. The Bertz CT molecular complexity index is 790. The molecule has 0 amide bonds. The molecular weight excluding hydrogens is 288 g/mol. The van der Waals surface area contributed by atoms with Gasteiger partial charge in [0.05, 0.1) is 12.8 Å². The summed E-state index contributed by atoms with van der Waals surface area (Å²) in [6.45, 7) is 0. The Balaban J connectivity index is 1.95. The number of nitrogens with one attached hydrogen (secondary N) is 2. The summed E-state index contributed by atoms with van der Waals surface area (Å²) >= 11 is 0. The Morgan fingerprint density at radius 3 is 2.48 bits per heavy atom. The predicted molar refractivity (Wildman–Crippen MR) is 93.3 cm³/mol. The topological polar surface area (TPSA) is 59.1 Å². The second-order valence-electron chi connectivity index (χ2n) is 4.94. The Kier molecular flexibility index (Phi) is 4.38. The SMILES string of the molecule is CNc1nc(Nc2cccc(OC)c2)cc(-c2ccccc2)n1. The van der Waals surface area contributed by atoms with Gasteiger partial charge in [-0.1, -0.05) is 36.4 Å². The Morgan fingerprint density at radius 1 is 0.913 bits per heavy atom. The van der Waals surface area contributed by atoms with E-state index in [1.54, 1.807) is 14.2 Å². The van der Waals surface area contributed by atoms with Gasteiger partial charge in [0.15, 0.2) is 0 Å². The van der Waals surface area contributed by atoms with E-state index in [1.807, 2.05) is 60.7 Å². The summed E-state index contributed by atoms with van der Waals surface area (Å²) in [5, 5.41) is 6.29. The number of hydrogen-bond donors (Lipinski definition) is 2. The molecule has 0 unspecified atom stereocenters. The van der Waals surface area contributed by atoms with Crippen molar-refractivity contribution in [1.29, 1.82) is 0 Å². The van der Waals surface area contributed by atoms with Gasteiger partial charge in [-0.2, -0.15) is 4.98 Å². The number of aromatic nitrogens is 2. The number of ether oxygens (including phenoxy) is 1. The van der Waals surface area contributed by atoms with Gasteiger partial charge in [-0.05, 0) is 12.1 Å². The van der Waals surface area contributed by atoms with E-state index >= 15 is 0 Å². The number of methoxy groups -OCH3 is 1. The van der Waals surface area contributed by atoms with Gasteiger partial charge in [0, 0.05) is 30.4 Å². The first-order valence-electron chi connectivity index (χ1n) is 7.32. The summed E-state index contributed by atoms with van der Waals surface area (Å²) in [7, 11) is 3.45. The van der Waals surface area contributed by atoms with Crippen molar-refractivity contribution in [3.8, 4) is 17.0 Å². The van der Waals surface area contributed by atoms with Crippen molar-refractivity contribution in [2.45, 2.75) is 0 Å². The van der Waals surface area contributed by atoms with E-state index in [4.69, 9.17) is 4.74 Å². The molecule has 0 aliphatic carbocycles. The molecule has 1 aromatic heterocycles. The summed E-state index contributed by atoms with van der Waals surface area (Å²) < 4.78 is 5.25. The molecule has 0 bridgehead atoms. The van der Waals surface area contributed by atoms with E-state index in [0.29, 0.717) is 5.95 Å². The van der Waals surface area contributed by atoms with E-state index < -0.39 is 0 Å². The van der Waals surface area contributed by atoms with Crippen molar-refractivity contribution in [3.05, 3.63) is 60.7 Å². The summed E-state index contributed by atoms with van der Waals surface area (Å²) in [6.07, 6.45) is 0. The fourth-order valence-corrected chi connectivity index (χ4v) is 2.23. The summed E-state index contributed by atoms with van der Waals surface area (Å²) in [5.41, 5.74) is 2.81. The number of rotatable bonds is 5. The molecule has 5 nitrogen and oxygen atoms in total. The zero-order valence-corrected chi connectivity index (χ0v) is 13.1. The fourth-order valence-electron chi connectivity index (χ4n) is 2.23. The zero-order chi connectivity index (χ0) is 16.1. The monoisotopic (exact) mass is 306 g/mol. The van der Waals surface area contributed by atoms with Crippen LogP contribution in [0.1, 0.15) is 0 Å². The van der Waals surface area contributed by atoms with Crippen LogP contribution in [0, 0.1) is 0 Å². The highest BCUT2D eigenvalue weighted by Crippen LogP contribution is 2.25. The number of anilines is 3. The zero-order valence-electron chi connectivity index (χ0n) is 13.1. The molecule has 23 heavy (non-hydrogen) atoms. The van der Waals surface area contributed by atoms with Gasteiger partial charge in [0.25, 0.3) is 0 Å². The van der Waals surface area contributed by atoms with Gasteiger partial charge >= 0.3 is 0 Å². The fraction of sp³-hybridized carbons (Fsp3) is 0.111. The molecule has 2 N–H and O–H groups in total. The average molecular weight is 306 g/mol. The molecule has 116 valence electrons. The Labute approximate surface area is 135 Å². The van der Waals surface area contributed by atoms with Gasteiger partial charge in [-0.3, -0.25) is 0 Å². The summed E-state index contributed by atoms with van der Waals surface area (Å²) in [5.74, 6) is 2.08. The predicted octanol–water partition coefficient (Wildman–Crippen LogP) is 3.94. The first-order chi connectivity index (χ1) is 11.3. The molecule has 0 saturated carbocycles. The number of hydrogen-bond acceptors (Lipinski definition) is 5. The minimum absolute atomic E-state index is 0.566. The average Bonchev–Trinajstić information content (AvgIpc) is 2.62. The van der Waals surface area contributed by atoms with E-state index in [1.165, 1.54) is 0 Å². The lowest BCUT2D eigenvalue weighted by atomic mass is 10.1. The van der Waals surface area contributed by atoms with Crippen molar-refractivity contribution in [1.82, 2.24) is 9.97 Å². The van der Waals surface area contributed by atoms with Gasteiger partial charge in [-0.25, -0.2) is 4.98 Å². The van der Waals surface area contributed by atoms with Crippen molar-refractivity contribution < 1.29 is 4.74 Å². The summed E-state index contributed by atoms with van der Waals surface area (Å²) in [4.78, 5) is 8.96. The highest BCUT2D eigenvalue weighted by atomic mass is 16.5. The summed E-state index contributed by atoms with van der Waals surface area (Å²) in [6, 6.07) is 19.7. The van der Waals surface area contributed by atoms with Crippen LogP contribution >= 0.6 is 0 Å². The van der Waals surface area contributed by atoms with Crippen LogP contribution in [0.2, 0.25) is 0 Å². The molecule has 0 aliphatic rings. The van der Waals surface area contributed by atoms with Crippen molar-refractivity contribution in [2.75, 3.05) is 24.8 Å². The minimum atomic E-state index is 0.566. The highest BCUT2D eigenvalue weighted by Gasteiger charge is 2.06. The molecule has 0 radical (unpaired) electrons. The Hall–Kier alpha value is -3.08. The first kappa shape index (κ1) is 14.8. The second kappa shape index (κ2) is 6.79. The third kappa shape index (κ3) is 3.58. The Morgan fingerprint density at radius 2 is 1.74 bits per heavy atom. The van der Waals surface area contributed by atoms with Crippen LogP contribution in [-0.4, -0.2) is 24.1 Å². The molecular formula is C18H18N4O. The quantitative estimate of drug-likeness (QED) is 0.747. The van der Waals surface area contributed by atoms with E-state index in [0.717, 1.165) is 28.5 Å². The number of nitrogens with zero attached hydrogens (tertiary/aromatic N) is 2. The highest BCUT2D eigenvalue weighted by molar-refractivity contribution is 5.67. The lowest BCUT2D eigenvalue weighted by Crippen LogP contribution is -2.02. The molecule has 0 fully saturated rings. The van der Waals surface area contributed by atoms with Gasteiger partial charge in [0.2, 0.25) is 5.95 Å². The normalized spacial score (nSPS) is 10.2. The maximum absolute atomic E-state index is 5.25. The van der Waals surface area contributed by atoms with Crippen molar-refractivity contribution in [3.63, 3.8) is 0 Å². The van der Waals surface area contributed by atoms with Crippen molar-refractivity contribution >= 4 is 17.5 Å². The molecule has 0 atom stereocenters. The van der Waals surface area contributed by atoms with Gasteiger partial charge < -0.3 is 15.4 Å². The lowest BCUT2D eigenvalue weighted by molar-refractivity contribution is 0.415. The molecule has 0 saturated heterocycles. The molecule has 1 heterocycles. The molecule has 5 heteroatoms. The molecule has 3 rings (SSSR count). The largest absolute Gasteiger partial charge is 0.497 e. The maximum Gasteiger partial charge on any atom is 0.224 e. The maximum atomic E-state index is 5.25. The van der Waals surface area contributed by atoms with Gasteiger partial charge in [-0.15, -0.1) is 0 Å². The molecule has 0 spiro atoms. The number of benzene rings is 2. The van der Waals surface area contributed by atoms with E-state index in [9.17, 15) is 0 Å². The third-order valence-electron chi connectivity index (χ3n) is 3.36.